The number of methoxy groups -OCH3 is 1. The highest BCUT2D eigenvalue weighted by Crippen LogP contribution is 2.30. The molecule has 1 aromatic rings. The van der Waals surface area contributed by atoms with Gasteiger partial charge in [0.2, 0.25) is 5.88 Å². The number of carbonyl (C=O) groups is 1. The number of alkyl halides is 2. The number of ether oxygens (including phenoxy) is 1. The predicted octanol–water partition coefficient (Wildman–Crippen LogP) is 1.40. The number of rotatable bonds is 4. The molecule has 0 aromatic carbocycles. The van der Waals surface area contributed by atoms with Crippen LogP contribution in [-0.4, -0.2) is 77.2 Å². The van der Waals surface area contributed by atoms with Gasteiger partial charge in [0.25, 0.3) is 11.8 Å². The Bertz CT molecular complexity index is 616. The number of halogens is 2. The van der Waals surface area contributed by atoms with Crippen molar-refractivity contribution in [3.05, 3.63) is 23.9 Å². The number of piperidine rings is 1. The Morgan fingerprint density at radius 1 is 1.28 bits per heavy atom. The third kappa shape index (κ3) is 4.24. The summed E-state index contributed by atoms with van der Waals surface area (Å²) in [6, 6.07) is 3.25. The van der Waals surface area contributed by atoms with E-state index in [0.717, 1.165) is 0 Å². The van der Waals surface area contributed by atoms with Gasteiger partial charge in [0.1, 0.15) is 0 Å². The quantitative estimate of drug-likeness (QED) is 0.884. The largest absolute Gasteiger partial charge is 0.481 e. The van der Waals surface area contributed by atoms with Crippen molar-refractivity contribution in [2.24, 2.45) is 0 Å². The average Bonchev–Trinajstić information content (AvgIpc) is 2.98. The van der Waals surface area contributed by atoms with Crippen molar-refractivity contribution in [3.8, 4) is 5.88 Å². The molecule has 1 amide bonds. The van der Waals surface area contributed by atoms with E-state index in [-0.39, 0.29) is 38.4 Å². The summed E-state index contributed by atoms with van der Waals surface area (Å²) in [5.41, 5.74) is -0.620. The van der Waals surface area contributed by atoms with Gasteiger partial charge >= 0.3 is 0 Å². The molecule has 1 atom stereocenters. The highest BCUT2D eigenvalue weighted by atomic mass is 19.3. The van der Waals surface area contributed by atoms with Crippen LogP contribution in [0.4, 0.5) is 8.78 Å². The highest BCUT2D eigenvalue weighted by Gasteiger charge is 2.42. The van der Waals surface area contributed by atoms with Crippen LogP contribution in [0.25, 0.3) is 0 Å². The van der Waals surface area contributed by atoms with Gasteiger partial charge in [-0.1, -0.05) is 0 Å². The van der Waals surface area contributed by atoms with Gasteiger partial charge in [-0.3, -0.25) is 9.69 Å². The SMILES string of the molecule is COc1ccc(C(=O)N2CCC(O)(CN3CCC(F)(F)CC3)C2)cn1. The van der Waals surface area contributed by atoms with Crippen LogP contribution in [0.15, 0.2) is 18.3 Å². The summed E-state index contributed by atoms with van der Waals surface area (Å²) in [6.07, 6.45) is 1.53. The molecule has 1 unspecified atom stereocenters. The Labute approximate surface area is 145 Å². The Kier molecular flexibility index (Phi) is 4.92. The maximum absolute atomic E-state index is 13.2. The first kappa shape index (κ1) is 18.0. The van der Waals surface area contributed by atoms with Crippen molar-refractivity contribution in [1.82, 2.24) is 14.8 Å². The summed E-state index contributed by atoms with van der Waals surface area (Å²) < 4.78 is 31.5. The second kappa shape index (κ2) is 6.84. The van der Waals surface area contributed by atoms with Crippen molar-refractivity contribution in [1.29, 1.82) is 0 Å². The van der Waals surface area contributed by atoms with E-state index in [1.807, 2.05) is 4.90 Å². The minimum atomic E-state index is -2.60. The molecule has 0 aliphatic carbocycles. The summed E-state index contributed by atoms with van der Waals surface area (Å²) >= 11 is 0. The molecular weight excluding hydrogens is 332 g/mol. The predicted molar refractivity (Wildman–Crippen MR) is 86.9 cm³/mol. The van der Waals surface area contributed by atoms with Crippen molar-refractivity contribution in [3.63, 3.8) is 0 Å². The minimum Gasteiger partial charge on any atom is -0.481 e. The normalized spacial score (nSPS) is 26.6. The zero-order chi connectivity index (χ0) is 18.1. The molecule has 0 spiro atoms. The molecule has 2 aliphatic rings. The van der Waals surface area contributed by atoms with Crippen molar-refractivity contribution >= 4 is 5.91 Å². The van der Waals surface area contributed by atoms with Crippen molar-refractivity contribution in [2.45, 2.75) is 30.8 Å². The molecule has 2 aliphatic heterocycles. The van der Waals surface area contributed by atoms with Crippen molar-refractivity contribution < 1.29 is 23.4 Å². The van der Waals surface area contributed by atoms with E-state index in [1.165, 1.54) is 13.3 Å². The molecular formula is C17H23F2N3O3. The molecule has 2 fully saturated rings. The second-order valence-electron chi connectivity index (χ2n) is 6.92. The Morgan fingerprint density at radius 3 is 2.60 bits per heavy atom. The number of nitrogens with zero attached hydrogens (tertiary/aromatic N) is 3. The van der Waals surface area contributed by atoms with Crippen LogP contribution in [0.2, 0.25) is 0 Å². The fourth-order valence-corrected chi connectivity index (χ4v) is 3.42. The van der Waals surface area contributed by atoms with Gasteiger partial charge in [0.15, 0.2) is 0 Å². The standard InChI is InChI=1S/C17H23F2N3O3/c1-25-14-3-2-13(10-20-14)15(23)22-9-4-16(24,12-22)11-21-7-5-17(18,19)6-8-21/h2-3,10,24H,4-9,11-12H2,1H3. The van der Waals surface area contributed by atoms with Crippen LogP contribution >= 0.6 is 0 Å². The maximum atomic E-state index is 13.2. The van der Waals surface area contributed by atoms with Crippen LogP contribution in [-0.2, 0) is 0 Å². The highest BCUT2D eigenvalue weighted by molar-refractivity contribution is 5.94. The molecule has 25 heavy (non-hydrogen) atoms. The lowest BCUT2D eigenvalue weighted by Gasteiger charge is -2.36. The van der Waals surface area contributed by atoms with E-state index in [0.29, 0.717) is 31.0 Å². The Hall–Kier alpha value is -1.80. The monoisotopic (exact) mass is 355 g/mol. The van der Waals surface area contributed by atoms with Gasteiger partial charge in [-0.15, -0.1) is 0 Å². The zero-order valence-electron chi connectivity index (χ0n) is 14.3. The molecule has 3 heterocycles. The number of amides is 1. The van der Waals surface area contributed by atoms with Crippen LogP contribution in [0.3, 0.4) is 0 Å². The van der Waals surface area contributed by atoms with Crippen LogP contribution in [0.5, 0.6) is 5.88 Å². The number of likely N-dealkylation sites (tertiary alicyclic amines) is 2. The number of β-amino-alcohol motifs (C(OH)–C–C–N with tert-alkyl or cyclic N) is 1. The third-order valence-electron chi connectivity index (χ3n) is 4.92. The Balaban J connectivity index is 1.57. The fraction of sp³-hybridized carbons (Fsp3) is 0.647. The third-order valence-corrected chi connectivity index (χ3v) is 4.92. The molecule has 6 nitrogen and oxygen atoms in total. The Morgan fingerprint density at radius 2 is 2.00 bits per heavy atom. The first-order chi connectivity index (χ1) is 11.8. The first-order valence-corrected chi connectivity index (χ1v) is 8.42. The number of aliphatic hydroxyl groups is 1. The molecule has 1 N–H and O–H groups in total. The zero-order valence-corrected chi connectivity index (χ0v) is 14.3. The summed E-state index contributed by atoms with van der Waals surface area (Å²) in [7, 11) is 1.50. The number of hydrogen-bond acceptors (Lipinski definition) is 5. The van der Waals surface area contributed by atoms with Gasteiger partial charge in [0, 0.05) is 51.3 Å². The average molecular weight is 355 g/mol. The smallest absolute Gasteiger partial charge is 0.255 e. The second-order valence-corrected chi connectivity index (χ2v) is 6.92. The summed E-state index contributed by atoms with van der Waals surface area (Å²) in [5, 5.41) is 10.8. The lowest BCUT2D eigenvalue weighted by Crippen LogP contribution is -2.49. The van der Waals surface area contributed by atoms with Gasteiger partial charge in [0.05, 0.1) is 24.8 Å². The number of hydrogen-bond donors (Lipinski definition) is 1. The van der Waals surface area contributed by atoms with Crippen LogP contribution < -0.4 is 4.74 Å². The van der Waals surface area contributed by atoms with Crippen molar-refractivity contribution in [2.75, 3.05) is 39.8 Å². The molecule has 3 rings (SSSR count). The van der Waals surface area contributed by atoms with E-state index in [4.69, 9.17) is 4.74 Å². The number of carbonyl (C=O) groups excluding carboxylic acids is 1. The summed E-state index contributed by atoms with van der Waals surface area (Å²) in [5.74, 6) is -2.37. The molecule has 0 saturated carbocycles. The van der Waals surface area contributed by atoms with E-state index in [9.17, 15) is 18.7 Å². The molecule has 2 saturated heterocycles. The first-order valence-electron chi connectivity index (χ1n) is 8.42. The lowest BCUT2D eigenvalue weighted by molar-refractivity contribution is -0.0720. The lowest BCUT2D eigenvalue weighted by atomic mass is 10.00. The molecule has 138 valence electrons. The molecule has 1 aromatic heterocycles. The van der Waals surface area contributed by atoms with Gasteiger partial charge in [-0.25, -0.2) is 13.8 Å². The maximum Gasteiger partial charge on any atom is 0.255 e. The number of aromatic nitrogens is 1. The van der Waals surface area contributed by atoms with E-state index >= 15 is 0 Å². The fourth-order valence-electron chi connectivity index (χ4n) is 3.42. The molecule has 0 radical (unpaired) electrons. The summed E-state index contributed by atoms with van der Waals surface area (Å²) in [4.78, 5) is 20.0. The van der Waals surface area contributed by atoms with Gasteiger partial charge in [-0.2, -0.15) is 0 Å². The minimum absolute atomic E-state index is 0.177. The van der Waals surface area contributed by atoms with Crippen LogP contribution in [0.1, 0.15) is 29.6 Å². The summed E-state index contributed by atoms with van der Waals surface area (Å²) in [6.45, 7) is 1.49. The molecule has 0 bridgehead atoms. The topological polar surface area (TPSA) is 65.9 Å². The van der Waals surface area contributed by atoms with E-state index in [2.05, 4.69) is 4.98 Å². The van der Waals surface area contributed by atoms with E-state index in [1.54, 1.807) is 17.0 Å². The van der Waals surface area contributed by atoms with Crippen LogP contribution in [0, 0.1) is 0 Å². The van der Waals surface area contributed by atoms with Gasteiger partial charge in [-0.05, 0) is 12.5 Å². The number of pyridine rings is 1. The molecule has 8 heteroatoms. The van der Waals surface area contributed by atoms with Gasteiger partial charge < -0.3 is 14.7 Å². The van der Waals surface area contributed by atoms with E-state index < -0.39 is 11.5 Å².